The van der Waals surface area contributed by atoms with Gasteiger partial charge in [0.05, 0.1) is 12.1 Å². The Balaban J connectivity index is 2.41. The summed E-state index contributed by atoms with van der Waals surface area (Å²) in [7, 11) is 0. The van der Waals surface area contributed by atoms with Crippen molar-refractivity contribution in [2.45, 2.75) is 12.5 Å². The Bertz CT molecular complexity index is 618. The minimum Gasteiger partial charge on any atom is -0.394 e. The second-order valence-electron chi connectivity index (χ2n) is 4.73. The molecule has 0 saturated heterocycles. The van der Waals surface area contributed by atoms with Gasteiger partial charge in [0, 0.05) is 11.3 Å². The fourth-order valence-electron chi connectivity index (χ4n) is 2.01. The number of rotatable bonds is 4. The first kappa shape index (κ1) is 14.4. The Morgan fingerprint density at radius 3 is 2.45 bits per heavy atom. The molecule has 2 rings (SSSR count). The monoisotopic (exact) mass is 281 g/mol. The molecule has 2 aromatic rings. The van der Waals surface area contributed by atoms with Crippen LogP contribution in [0.15, 0.2) is 42.5 Å². The van der Waals surface area contributed by atoms with Crippen molar-refractivity contribution in [2.24, 2.45) is 0 Å². The second-order valence-corrected chi connectivity index (χ2v) is 4.73. The second kappa shape index (κ2) is 5.54. The van der Waals surface area contributed by atoms with Crippen molar-refractivity contribution in [3.05, 3.63) is 65.5 Å². The fourth-order valence-corrected chi connectivity index (χ4v) is 2.01. The topological polar surface area (TPSA) is 32.3 Å². The predicted molar refractivity (Wildman–Crippen MR) is 70.8 cm³/mol. The maximum absolute atomic E-state index is 13.9. The van der Waals surface area contributed by atoms with E-state index in [-0.39, 0.29) is 5.56 Å². The summed E-state index contributed by atoms with van der Waals surface area (Å²) >= 11 is 0. The Labute approximate surface area is 114 Å². The molecule has 1 unspecified atom stereocenters. The highest BCUT2D eigenvalue weighted by Crippen LogP contribution is 2.29. The first-order valence-electron chi connectivity index (χ1n) is 6.05. The van der Waals surface area contributed by atoms with E-state index < -0.39 is 29.6 Å². The normalized spacial score (nSPS) is 13.8. The van der Waals surface area contributed by atoms with Gasteiger partial charge in [0.15, 0.2) is 11.6 Å². The van der Waals surface area contributed by atoms with Crippen LogP contribution in [0, 0.1) is 17.5 Å². The van der Waals surface area contributed by atoms with E-state index in [0.717, 1.165) is 6.07 Å². The van der Waals surface area contributed by atoms with Crippen molar-refractivity contribution in [3.63, 3.8) is 0 Å². The Morgan fingerprint density at radius 2 is 1.80 bits per heavy atom. The number of aliphatic hydroxyl groups is 1. The van der Waals surface area contributed by atoms with E-state index in [4.69, 9.17) is 0 Å². The van der Waals surface area contributed by atoms with Gasteiger partial charge >= 0.3 is 0 Å². The minimum absolute atomic E-state index is 0.0238. The Hall–Kier alpha value is -2.01. The molecule has 0 heterocycles. The maximum atomic E-state index is 13.9. The average Bonchev–Trinajstić information content (AvgIpc) is 2.41. The summed E-state index contributed by atoms with van der Waals surface area (Å²) in [6.07, 6.45) is 0. The van der Waals surface area contributed by atoms with Gasteiger partial charge in [0.1, 0.15) is 5.82 Å². The van der Waals surface area contributed by atoms with Gasteiger partial charge in [-0.3, -0.25) is 0 Å². The van der Waals surface area contributed by atoms with Crippen LogP contribution >= 0.6 is 0 Å². The van der Waals surface area contributed by atoms with Crippen molar-refractivity contribution in [1.29, 1.82) is 0 Å². The number of nitrogens with one attached hydrogen (secondary N) is 1. The summed E-state index contributed by atoms with van der Waals surface area (Å²) in [5.41, 5.74) is -0.922. The lowest BCUT2D eigenvalue weighted by atomic mass is 9.91. The van der Waals surface area contributed by atoms with E-state index in [1.807, 2.05) is 0 Å². The van der Waals surface area contributed by atoms with E-state index in [1.165, 1.54) is 37.3 Å². The zero-order chi connectivity index (χ0) is 14.8. The van der Waals surface area contributed by atoms with Crippen LogP contribution in [0.25, 0.3) is 0 Å². The van der Waals surface area contributed by atoms with Crippen molar-refractivity contribution in [3.8, 4) is 0 Å². The minimum atomic E-state index is -1.26. The van der Waals surface area contributed by atoms with Gasteiger partial charge in [-0.25, -0.2) is 13.2 Å². The summed E-state index contributed by atoms with van der Waals surface area (Å²) in [5, 5.41) is 12.4. The SMILES string of the molecule is CC(CO)(Nc1cccc(F)c1)c1cccc(F)c1F. The quantitative estimate of drug-likeness (QED) is 0.900. The molecule has 0 radical (unpaired) electrons. The van der Waals surface area contributed by atoms with E-state index in [2.05, 4.69) is 5.32 Å². The lowest BCUT2D eigenvalue weighted by Gasteiger charge is -2.31. The number of anilines is 1. The van der Waals surface area contributed by atoms with Crippen LogP contribution in [-0.2, 0) is 5.54 Å². The van der Waals surface area contributed by atoms with Gasteiger partial charge < -0.3 is 10.4 Å². The van der Waals surface area contributed by atoms with Crippen LogP contribution in [0.1, 0.15) is 12.5 Å². The third kappa shape index (κ3) is 2.77. The van der Waals surface area contributed by atoms with Crippen LogP contribution in [0.2, 0.25) is 0 Å². The van der Waals surface area contributed by atoms with Crippen LogP contribution in [0.5, 0.6) is 0 Å². The standard InChI is InChI=1S/C15H14F3NO/c1-15(9-20,12-6-3-7-13(17)14(12)18)19-11-5-2-4-10(16)8-11/h2-8,19-20H,9H2,1H3. The molecule has 0 aromatic heterocycles. The smallest absolute Gasteiger partial charge is 0.164 e. The van der Waals surface area contributed by atoms with E-state index in [0.29, 0.717) is 5.69 Å². The highest BCUT2D eigenvalue weighted by molar-refractivity contribution is 5.48. The number of hydrogen-bond donors (Lipinski definition) is 2. The molecule has 2 aromatic carbocycles. The number of hydrogen-bond acceptors (Lipinski definition) is 2. The molecule has 0 aliphatic carbocycles. The highest BCUT2D eigenvalue weighted by atomic mass is 19.2. The summed E-state index contributed by atoms with van der Waals surface area (Å²) in [4.78, 5) is 0. The fraction of sp³-hybridized carbons (Fsp3) is 0.200. The van der Waals surface area contributed by atoms with Crippen molar-refractivity contribution in [2.75, 3.05) is 11.9 Å². The molecule has 106 valence electrons. The lowest BCUT2D eigenvalue weighted by molar-refractivity contribution is 0.219. The van der Waals surface area contributed by atoms with Crippen LogP contribution in [0.4, 0.5) is 18.9 Å². The molecule has 0 bridgehead atoms. The first-order valence-corrected chi connectivity index (χ1v) is 6.05. The van der Waals surface area contributed by atoms with Crippen LogP contribution in [-0.4, -0.2) is 11.7 Å². The van der Waals surface area contributed by atoms with E-state index in [9.17, 15) is 18.3 Å². The molecule has 0 saturated carbocycles. The number of aliphatic hydroxyl groups excluding tert-OH is 1. The van der Waals surface area contributed by atoms with Gasteiger partial charge in [-0.1, -0.05) is 18.2 Å². The predicted octanol–water partition coefficient (Wildman–Crippen LogP) is 3.42. The molecule has 0 fully saturated rings. The molecule has 0 amide bonds. The zero-order valence-electron chi connectivity index (χ0n) is 10.8. The molecular formula is C15H14F3NO. The summed E-state index contributed by atoms with van der Waals surface area (Å²) in [5.74, 6) is -2.49. The van der Waals surface area contributed by atoms with E-state index in [1.54, 1.807) is 6.07 Å². The Kier molecular flexibility index (Phi) is 3.99. The third-order valence-corrected chi connectivity index (χ3v) is 3.11. The number of halogens is 3. The molecule has 0 aliphatic heterocycles. The van der Waals surface area contributed by atoms with Gasteiger partial charge in [-0.05, 0) is 31.2 Å². The lowest BCUT2D eigenvalue weighted by Crippen LogP contribution is -2.37. The third-order valence-electron chi connectivity index (χ3n) is 3.11. The van der Waals surface area contributed by atoms with Gasteiger partial charge in [0.25, 0.3) is 0 Å². The van der Waals surface area contributed by atoms with Gasteiger partial charge in [0.2, 0.25) is 0 Å². The highest BCUT2D eigenvalue weighted by Gasteiger charge is 2.30. The molecule has 2 nitrogen and oxygen atoms in total. The summed E-state index contributed by atoms with van der Waals surface area (Å²) in [6.45, 7) is 1.03. The first-order chi connectivity index (χ1) is 9.46. The van der Waals surface area contributed by atoms with Crippen molar-refractivity contribution in [1.82, 2.24) is 0 Å². The van der Waals surface area contributed by atoms with Crippen LogP contribution in [0.3, 0.4) is 0 Å². The molecule has 1 atom stereocenters. The maximum Gasteiger partial charge on any atom is 0.164 e. The van der Waals surface area contributed by atoms with Gasteiger partial charge in [-0.15, -0.1) is 0 Å². The molecular weight excluding hydrogens is 267 g/mol. The number of benzene rings is 2. The zero-order valence-corrected chi connectivity index (χ0v) is 10.8. The largest absolute Gasteiger partial charge is 0.394 e. The average molecular weight is 281 g/mol. The molecule has 0 spiro atoms. The summed E-state index contributed by atoms with van der Waals surface area (Å²) in [6, 6.07) is 9.27. The van der Waals surface area contributed by atoms with Gasteiger partial charge in [-0.2, -0.15) is 0 Å². The van der Waals surface area contributed by atoms with Crippen LogP contribution < -0.4 is 5.32 Å². The van der Waals surface area contributed by atoms with E-state index >= 15 is 0 Å². The summed E-state index contributed by atoms with van der Waals surface area (Å²) < 4.78 is 40.3. The molecule has 2 N–H and O–H groups in total. The molecule has 20 heavy (non-hydrogen) atoms. The van der Waals surface area contributed by atoms with Crippen molar-refractivity contribution >= 4 is 5.69 Å². The Morgan fingerprint density at radius 1 is 1.10 bits per heavy atom. The molecule has 0 aliphatic rings. The molecule has 5 heteroatoms. The van der Waals surface area contributed by atoms with Crippen molar-refractivity contribution < 1.29 is 18.3 Å².